The number of benzene rings is 1. The van der Waals surface area contributed by atoms with Gasteiger partial charge in [0.25, 0.3) is 5.91 Å². The van der Waals surface area contributed by atoms with Gasteiger partial charge < -0.3 is 5.11 Å². The topological polar surface area (TPSA) is 57.6 Å². The van der Waals surface area contributed by atoms with Crippen molar-refractivity contribution in [2.45, 2.75) is 12.8 Å². The first kappa shape index (κ1) is 15.7. The second kappa shape index (κ2) is 6.82. The van der Waals surface area contributed by atoms with Crippen LogP contribution in [0.25, 0.3) is 6.08 Å². The zero-order chi connectivity index (χ0) is 15.4. The summed E-state index contributed by atoms with van der Waals surface area (Å²) in [4.78, 5) is 24.4. The van der Waals surface area contributed by atoms with Crippen molar-refractivity contribution >= 4 is 46.3 Å². The third kappa shape index (κ3) is 3.89. The van der Waals surface area contributed by atoms with Gasteiger partial charge in [-0.3, -0.25) is 14.5 Å². The van der Waals surface area contributed by atoms with Crippen LogP contribution in [-0.4, -0.2) is 32.7 Å². The number of aliphatic carboxylic acids is 1. The average Bonchev–Trinajstić information content (AvgIpc) is 2.68. The fraction of sp³-hybridized carbons (Fsp3) is 0.214. The Hall–Kier alpha value is -1.73. The normalized spacial score (nSPS) is 16.8. The first-order valence-corrected chi connectivity index (χ1v) is 7.43. The predicted octanol–water partition coefficient (Wildman–Crippen LogP) is 2.89. The fourth-order valence-corrected chi connectivity index (χ4v) is 3.11. The highest BCUT2D eigenvalue weighted by Gasteiger charge is 2.31. The molecule has 1 aromatic carbocycles. The van der Waals surface area contributed by atoms with Crippen LogP contribution in [0.2, 0.25) is 0 Å². The molecule has 0 bridgehead atoms. The van der Waals surface area contributed by atoms with Gasteiger partial charge in [0.15, 0.2) is 0 Å². The summed E-state index contributed by atoms with van der Waals surface area (Å²) in [5.41, 5.74) is 0.323. The van der Waals surface area contributed by atoms with Gasteiger partial charge >= 0.3 is 5.97 Å². The van der Waals surface area contributed by atoms with E-state index in [1.807, 2.05) is 0 Å². The van der Waals surface area contributed by atoms with Crippen molar-refractivity contribution in [1.82, 2.24) is 4.90 Å². The maximum atomic E-state index is 13.6. The summed E-state index contributed by atoms with van der Waals surface area (Å²) in [6.07, 6.45) is 1.77. The predicted molar refractivity (Wildman–Crippen MR) is 83.1 cm³/mol. The quantitative estimate of drug-likeness (QED) is 0.666. The molecule has 0 atom stereocenters. The number of carbonyl (C=O) groups excluding carboxylic acids is 1. The van der Waals surface area contributed by atoms with Crippen molar-refractivity contribution in [3.8, 4) is 0 Å². The van der Waals surface area contributed by atoms with Crippen LogP contribution in [0.15, 0.2) is 29.2 Å². The van der Waals surface area contributed by atoms with Crippen molar-refractivity contribution in [3.63, 3.8) is 0 Å². The van der Waals surface area contributed by atoms with Crippen LogP contribution in [0.4, 0.5) is 4.39 Å². The summed E-state index contributed by atoms with van der Waals surface area (Å²) in [5, 5.41) is 8.60. The van der Waals surface area contributed by atoms with E-state index < -0.39 is 11.8 Å². The molecule has 21 heavy (non-hydrogen) atoms. The van der Waals surface area contributed by atoms with Crippen LogP contribution in [-0.2, 0) is 9.59 Å². The molecule has 1 amide bonds. The molecule has 4 nitrogen and oxygen atoms in total. The molecule has 1 aliphatic rings. The van der Waals surface area contributed by atoms with E-state index in [2.05, 4.69) is 0 Å². The third-order valence-corrected chi connectivity index (χ3v) is 4.22. The van der Waals surface area contributed by atoms with E-state index in [9.17, 15) is 14.0 Å². The molecule has 7 heteroatoms. The number of nitrogens with zero attached hydrogens (tertiary/aromatic N) is 1. The van der Waals surface area contributed by atoms with Crippen LogP contribution < -0.4 is 0 Å². The van der Waals surface area contributed by atoms with E-state index in [4.69, 9.17) is 17.3 Å². The molecule has 0 unspecified atom stereocenters. The van der Waals surface area contributed by atoms with Crippen molar-refractivity contribution in [2.75, 3.05) is 6.54 Å². The molecule has 0 saturated carbocycles. The SMILES string of the molecule is O=C(O)CCCN1C(=O)/C(=C/c2ccccc2F)SC1=S. The Balaban J connectivity index is 2.11. The van der Waals surface area contributed by atoms with E-state index in [-0.39, 0.29) is 18.9 Å². The highest BCUT2D eigenvalue weighted by atomic mass is 32.2. The minimum absolute atomic E-state index is 0.0244. The maximum Gasteiger partial charge on any atom is 0.303 e. The minimum atomic E-state index is -0.915. The van der Waals surface area contributed by atoms with Crippen molar-refractivity contribution in [2.24, 2.45) is 0 Å². The Morgan fingerprint density at radius 3 is 2.81 bits per heavy atom. The summed E-state index contributed by atoms with van der Waals surface area (Å²) in [7, 11) is 0. The van der Waals surface area contributed by atoms with E-state index in [1.54, 1.807) is 18.2 Å². The fourth-order valence-electron chi connectivity index (χ4n) is 1.81. The summed E-state index contributed by atoms with van der Waals surface area (Å²) in [6.45, 7) is 0.256. The average molecular weight is 325 g/mol. The lowest BCUT2D eigenvalue weighted by Crippen LogP contribution is -2.29. The smallest absolute Gasteiger partial charge is 0.303 e. The highest BCUT2D eigenvalue weighted by molar-refractivity contribution is 8.26. The number of thiocarbonyl (C=S) groups is 1. The lowest BCUT2D eigenvalue weighted by Gasteiger charge is -2.13. The molecule has 0 aromatic heterocycles. The Morgan fingerprint density at radius 1 is 1.43 bits per heavy atom. The summed E-state index contributed by atoms with van der Waals surface area (Å²) >= 11 is 6.21. The highest BCUT2D eigenvalue weighted by Crippen LogP contribution is 2.33. The number of hydrogen-bond donors (Lipinski definition) is 1. The van der Waals surface area contributed by atoms with Crippen molar-refractivity contribution in [1.29, 1.82) is 0 Å². The van der Waals surface area contributed by atoms with E-state index >= 15 is 0 Å². The molecule has 1 fully saturated rings. The third-order valence-electron chi connectivity index (χ3n) is 2.84. The van der Waals surface area contributed by atoms with Gasteiger partial charge in [0.2, 0.25) is 0 Å². The molecular formula is C14H12FNO3S2. The second-order valence-electron chi connectivity index (χ2n) is 4.35. The largest absolute Gasteiger partial charge is 0.481 e. The number of carboxylic acid groups (broad SMARTS) is 1. The standard InChI is InChI=1S/C14H12FNO3S2/c15-10-5-2-1-4-9(10)8-11-13(19)16(14(20)21-11)7-3-6-12(17)18/h1-2,4-5,8H,3,6-7H2,(H,17,18)/b11-8-. The van der Waals surface area contributed by atoms with E-state index in [0.717, 1.165) is 11.8 Å². The number of thioether (sulfide) groups is 1. The van der Waals surface area contributed by atoms with Crippen LogP contribution in [0.3, 0.4) is 0 Å². The van der Waals surface area contributed by atoms with E-state index in [1.165, 1.54) is 17.0 Å². The van der Waals surface area contributed by atoms with Crippen LogP contribution in [0.5, 0.6) is 0 Å². The summed E-state index contributed by atoms with van der Waals surface area (Å²) in [6, 6.07) is 6.15. The molecule has 1 aliphatic heterocycles. The van der Waals surface area contributed by atoms with Crippen LogP contribution in [0, 0.1) is 5.82 Å². The number of carbonyl (C=O) groups is 2. The molecule has 1 N–H and O–H groups in total. The molecule has 110 valence electrons. The van der Waals surface area contributed by atoms with Gasteiger partial charge in [-0.25, -0.2) is 4.39 Å². The molecule has 1 aromatic rings. The van der Waals surface area contributed by atoms with E-state index in [0.29, 0.717) is 21.2 Å². The Morgan fingerprint density at radius 2 is 2.14 bits per heavy atom. The van der Waals surface area contributed by atoms with Gasteiger partial charge in [-0.15, -0.1) is 0 Å². The number of carboxylic acids is 1. The first-order valence-electron chi connectivity index (χ1n) is 6.20. The zero-order valence-corrected chi connectivity index (χ0v) is 12.5. The van der Waals surface area contributed by atoms with Gasteiger partial charge in [0, 0.05) is 18.5 Å². The van der Waals surface area contributed by atoms with Crippen LogP contribution in [0.1, 0.15) is 18.4 Å². The van der Waals surface area contributed by atoms with Crippen molar-refractivity contribution < 1.29 is 19.1 Å². The number of halogens is 1. The minimum Gasteiger partial charge on any atom is -0.481 e. The van der Waals surface area contributed by atoms with Crippen LogP contribution >= 0.6 is 24.0 Å². The lowest BCUT2D eigenvalue weighted by molar-refractivity contribution is -0.137. The molecule has 1 saturated heterocycles. The number of hydrogen-bond acceptors (Lipinski definition) is 4. The molecule has 2 rings (SSSR count). The lowest BCUT2D eigenvalue weighted by atomic mass is 10.2. The molecule has 0 spiro atoms. The maximum absolute atomic E-state index is 13.6. The zero-order valence-electron chi connectivity index (χ0n) is 10.9. The molecular weight excluding hydrogens is 313 g/mol. The number of amides is 1. The monoisotopic (exact) mass is 325 g/mol. The van der Waals surface area contributed by atoms with Gasteiger partial charge in [0.05, 0.1) is 4.91 Å². The van der Waals surface area contributed by atoms with Gasteiger partial charge in [-0.2, -0.15) is 0 Å². The Bertz CT molecular complexity index is 630. The molecule has 1 heterocycles. The molecule has 0 radical (unpaired) electrons. The second-order valence-corrected chi connectivity index (χ2v) is 6.03. The molecule has 0 aliphatic carbocycles. The first-order chi connectivity index (χ1) is 9.99. The van der Waals surface area contributed by atoms with Gasteiger partial charge in [-0.1, -0.05) is 42.2 Å². The van der Waals surface area contributed by atoms with Gasteiger partial charge in [0.1, 0.15) is 10.1 Å². The summed E-state index contributed by atoms with van der Waals surface area (Å²) < 4.78 is 13.9. The Kier molecular flexibility index (Phi) is 5.08. The summed E-state index contributed by atoms with van der Waals surface area (Å²) in [5.74, 6) is -1.63. The van der Waals surface area contributed by atoms with Crippen molar-refractivity contribution in [3.05, 3.63) is 40.6 Å². The number of rotatable bonds is 5. The van der Waals surface area contributed by atoms with Gasteiger partial charge in [-0.05, 0) is 18.6 Å². The Labute approximate surface area is 130 Å².